The van der Waals surface area contributed by atoms with Crippen molar-refractivity contribution in [3.05, 3.63) is 41.5 Å². The molecule has 5 nitrogen and oxygen atoms in total. The van der Waals surface area contributed by atoms with Gasteiger partial charge in [-0.3, -0.25) is 0 Å². The SMILES string of the molecule is COc1ccccc1[C@H](NCc1nnc2n1CCC2)C1CCCC1. The zero-order valence-electron chi connectivity index (χ0n) is 14.4. The zero-order valence-corrected chi connectivity index (χ0v) is 14.4. The molecular weight excluding hydrogens is 300 g/mol. The van der Waals surface area contributed by atoms with Gasteiger partial charge in [-0.05, 0) is 31.2 Å². The van der Waals surface area contributed by atoms with Crippen LogP contribution in [-0.4, -0.2) is 21.9 Å². The summed E-state index contributed by atoms with van der Waals surface area (Å²) >= 11 is 0. The Morgan fingerprint density at radius 2 is 2.04 bits per heavy atom. The predicted molar refractivity (Wildman–Crippen MR) is 92.9 cm³/mol. The summed E-state index contributed by atoms with van der Waals surface area (Å²) in [4.78, 5) is 0. The summed E-state index contributed by atoms with van der Waals surface area (Å²) in [5.74, 6) is 3.86. The normalized spacial score (nSPS) is 18.7. The van der Waals surface area contributed by atoms with Gasteiger partial charge in [0.15, 0.2) is 0 Å². The van der Waals surface area contributed by atoms with Crippen LogP contribution in [-0.2, 0) is 19.5 Å². The van der Waals surface area contributed by atoms with Crippen molar-refractivity contribution in [1.82, 2.24) is 20.1 Å². The van der Waals surface area contributed by atoms with Crippen molar-refractivity contribution in [2.24, 2.45) is 5.92 Å². The maximum Gasteiger partial charge on any atom is 0.147 e. The van der Waals surface area contributed by atoms with Crippen LogP contribution in [0.25, 0.3) is 0 Å². The maximum atomic E-state index is 5.62. The summed E-state index contributed by atoms with van der Waals surface area (Å²) in [6.45, 7) is 1.83. The van der Waals surface area contributed by atoms with Gasteiger partial charge in [0, 0.05) is 24.6 Å². The van der Waals surface area contributed by atoms with Gasteiger partial charge in [-0.1, -0.05) is 31.0 Å². The Balaban J connectivity index is 1.56. The van der Waals surface area contributed by atoms with Crippen molar-refractivity contribution < 1.29 is 4.74 Å². The lowest BCUT2D eigenvalue weighted by Crippen LogP contribution is -2.28. The summed E-state index contributed by atoms with van der Waals surface area (Å²) in [6, 6.07) is 8.73. The number of rotatable bonds is 6. The average molecular weight is 326 g/mol. The first-order valence-electron chi connectivity index (χ1n) is 9.14. The van der Waals surface area contributed by atoms with Gasteiger partial charge in [0.2, 0.25) is 0 Å². The summed E-state index contributed by atoms with van der Waals surface area (Å²) in [5, 5.41) is 12.5. The van der Waals surface area contributed by atoms with Crippen LogP contribution in [0.3, 0.4) is 0 Å². The second-order valence-electron chi connectivity index (χ2n) is 6.93. The van der Waals surface area contributed by atoms with E-state index in [1.165, 1.54) is 37.7 Å². The Hall–Kier alpha value is -1.88. The molecule has 128 valence electrons. The lowest BCUT2D eigenvalue weighted by atomic mass is 9.91. The minimum absolute atomic E-state index is 0.318. The molecule has 1 N–H and O–H groups in total. The lowest BCUT2D eigenvalue weighted by Gasteiger charge is -2.26. The van der Waals surface area contributed by atoms with Crippen LogP contribution in [0.15, 0.2) is 24.3 Å². The number of fused-ring (bicyclic) bond motifs is 1. The standard InChI is InChI=1S/C19H26N4O/c1-24-16-10-5-4-9-15(16)19(14-7-2-3-8-14)20-13-18-22-21-17-11-6-12-23(17)18/h4-5,9-10,14,19-20H,2-3,6-8,11-13H2,1H3/t19-/m1/s1. The fourth-order valence-electron chi connectivity index (χ4n) is 4.29. The Labute approximate surface area is 143 Å². The summed E-state index contributed by atoms with van der Waals surface area (Å²) in [5.41, 5.74) is 1.27. The van der Waals surface area contributed by atoms with E-state index in [9.17, 15) is 0 Å². The van der Waals surface area contributed by atoms with Gasteiger partial charge in [-0.25, -0.2) is 0 Å². The van der Waals surface area contributed by atoms with E-state index in [1.807, 2.05) is 6.07 Å². The number of nitrogens with one attached hydrogen (secondary N) is 1. The van der Waals surface area contributed by atoms with Gasteiger partial charge in [0.05, 0.1) is 13.7 Å². The molecule has 1 aromatic carbocycles. The molecule has 0 spiro atoms. The lowest BCUT2D eigenvalue weighted by molar-refractivity contribution is 0.339. The number of methoxy groups -OCH3 is 1. The molecule has 0 bridgehead atoms. The highest BCUT2D eigenvalue weighted by molar-refractivity contribution is 5.36. The van der Waals surface area contributed by atoms with Crippen molar-refractivity contribution in [1.29, 1.82) is 0 Å². The molecule has 1 aliphatic heterocycles. The van der Waals surface area contributed by atoms with E-state index in [1.54, 1.807) is 7.11 Å². The van der Waals surface area contributed by atoms with Crippen LogP contribution in [0.5, 0.6) is 5.75 Å². The Morgan fingerprint density at radius 1 is 1.21 bits per heavy atom. The molecular formula is C19H26N4O. The number of hydrogen-bond acceptors (Lipinski definition) is 4. The predicted octanol–water partition coefficient (Wildman–Crippen LogP) is 3.25. The Kier molecular flexibility index (Phi) is 4.52. The maximum absolute atomic E-state index is 5.62. The van der Waals surface area contributed by atoms with Crippen LogP contribution in [0, 0.1) is 5.92 Å². The Morgan fingerprint density at radius 3 is 2.88 bits per heavy atom. The molecule has 2 aliphatic rings. The molecule has 0 saturated heterocycles. The van der Waals surface area contributed by atoms with Crippen LogP contribution in [0.2, 0.25) is 0 Å². The first-order valence-corrected chi connectivity index (χ1v) is 9.14. The molecule has 0 amide bonds. The summed E-state index contributed by atoms with van der Waals surface area (Å²) < 4.78 is 7.90. The van der Waals surface area contributed by atoms with Crippen LogP contribution in [0.1, 0.15) is 55.4 Å². The smallest absolute Gasteiger partial charge is 0.147 e. The highest BCUT2D eigenvalue weighted by Crippen LogP contribution is 2.39. The number of aryl methyl sites for hydroxylation is 1. The quantitative estimate of drug-likeness (QED) is 0.885. The molecule has 0 radical (unpaired) electrons. The third kappa shape index (κ3) is 2.93. The van der Waals surface area contributed by atoms with Crippen molar-refractivity contribution in [3.63, 3.8) is 0 Å². The largest absolute Gasteiger partial charge is 0.496 e. The van der Waals surface area contributed by atoms with Gasteiger partial charge in [0.1, 0.15) is 17.4 Å². The topological polar surface area (TPSA) is 52.0 Å². The fourth-order valence-corrected chi connectivity index (χ4v) is 4.29. The van der Waals surface area contributed by atoms with Crippen molar-refractivity contribution in [3.8, 4) is 5.75 Å². The number of benzene rings is 1. The summed E-state index contributed by atoms with van der Waals surface area (Å²) in [7, 11) is 1.76. The molecule has 1 aliphatic carbocycles. The van der Waals surface area contributed by atoms with Gasteiger partial charge >= 0.3 is 0 Å². The molecule has 5 heteroatoms. The van der Waals surface area contributed by atoms with E-state index >= 15 is 0 Å². The van der Waals surface area contributed by atoms with E-state index in [0.717, 1.165) is 36.9 Å². The summed E-state index contributed by atoms with van der Waals surface area (Å²) in [6.07, 6.45) is 7.49. The average Bonchev–Trinajstić information content (AvgIpc) is 3.34. The van der Waals surface area contributed by atoms with Gasteiger partial charge in [-0.15, -0.1) is 10.2 Å². The van der Waals surface area contributed by atoms with E-state index in [4.69, 9.17) is 4.74 Å². The molecule has 1 atom stereocenters. The van der Waals surface area contributed by atoms with E-state index in [0.29, 0.717) is 12.0 Å². The number of hydrogen-bond donors (Lipinski definition) is 1. The van der Waals surface area contributed by atoms with Crippen LogP contribution < -0.4 is 10.1 Å². The van der Waals surface area contributed by atoms with E-state index in [-0.39, 0.29) is 0 Å². The Bertz CT molecular complexity index is 690. The third-order valence-corrected chi connectivity index (χ3v) is 5.51. The van der Waals surface area contributed by atoms with Gasteiger partial charge in [-0.2, -0.15) is 0 Å². The second-order valence-corrected chi connectivity index (χ2v) is 6.93. The second kappa shape index (κ2) is 6.93. The first-order chi connectivity index (χ1) is 11.9. The van der Waals surface area contributed by atoms with Crippen LogP contribution >= 0.6 is 0 Å². The van der Waals surface area contributed by atoms with Crippen LogP contribution in [0.4, 0.5) is 0 Å². The molecule has 0 unspecified atom stereocenters. The first kappa shape index (κ1) is 15.6. The van der Waals surface area contributed by atoms with Crippen molar-refractivity contribution >= 4 is 0 Å². The fraction of sp³-hybridized carbons (Fsp3) is 0.579. The molecule has 24 heavy (non-hydrogen) atoms. The number of aromatic nitrogens is 3. The molecule has 1 aromatic heterocycles. The molecule has 4 rings (SSSR count). The number of ether oxygens (including phenoxy) is 1. The minimum Gasteiger partial charge on any atom is -0.496 e. The van der Waals surface area contributed by atoms with E-state index < -0.39 is 0 Å². The molecule has 1 fully saturated rings. The van der Waals surface area contributed by atoms with E-state index in [2.05, 4.69) is 38.3 Å². The minimum atomic E-state index is 0.318. The van der Waals surface area contributed by atoms with Gasteiger partial charge < -0.3 is 14.6 Å². The number of nitrogens with zero attached hydrogens (tertiary/aromatic N) is 3. The molecule has 2 heterocycles. The zero-order chi connectivity index (χ0) is 16.4. The van der Waals surface area contributed by atoms with Crippen molar-refractivity contribution in [2.75, 3.05) is 7.11 Å². The van der Waals surface area contributed by atoms with Crippen molar-refractivity contribution in [2.45, 2.75) is 57.7 Å². The molecule has 2 aromatic rings. The monoisotopic (exact) mass is 326 g/mol. The third-order valence-electron chi connectivity index (χ3n) is 5.51. The molecule has 1 saturated carbocycles. The highest BCUT2D eigenvalue weighted by Gasteiger charge is 2.29. The highest BCUT2D eigenvalue weighted by atomic mass is 16.5. The number of para-hydroxylation sites is 1. The van der Waals surface area contributed by atoms with Gasteiger partial charge in [0.25, 0.3) is 0 Å².